The van der Waals surface area contributed by atoms with Crippen LogP contribution in [-0.4, -0.2) is 26.9 Å². The van der Waals surface area contributed by atoms with Crippen molar-refractivity contribution in [2.75, 3.05) is 5.32 Å². The van der Waals surface area contributed by atoms with Gasteiger partial charge in [0.15, 0.2) is 12.1 Å². The Labute approximate surface area is 161 Å². The van der Waals surface area contributed by atoms with Crippen LogP contribution in [0.3, 0.4) is 0 Å². The molecule has 0 aliphatic rings. The van der Waals surface area contributed by atoms with Gasteiger partial charge >= 0.3 is 0 Å². The summed E-state index contributed by atoms with van der Waals surface area (Å²) in [6.07, 6.45) is 0.130. The van der Waals surface area contributed by atoms with Gasteiger partial charge in [0.1, 0.15) is 11.3 Å². The number of halogens is 3. The molecule has 1 heterocycles. The van der Waals surface area contributed by atoms with E-state index in [0.717, 1.165) is 0 Å². The van der Waals surface area contributed by atoms with Gasteiger partial charge in [0.2, 0.25) is 0 Å². The lowest BCUT2D eigenvalue weighted by Gasteiger charge is -2.15. The molecule has 0 spiro atoms. The number of aryl methyl sites for hydroxylation is 1. The van der Waals surface area contributed by atoms with Gasteiger partial charge < -0.3 is 15.0 Å². The minimum Gasteiger partial charge on any atom is -0.366 e. The van der Waals surface area contributed by atoms with Crippen LogP contribution < -0.4 is 10.8 Å². The van der Waals surface area contributed by atoms with E-state index in [9.17, 15) is 9.18 Å². The fourth-order valence-corrected chi connectivity index (χ4v) is 2.78. The van der Waals surface area contributed by atoms with Crippen LogP contribution in [0.5, 0.6) is 0 Å². The van der Waals surface area contributed by atoms with E-state index in [1.807, 2.05) is 5.48 Å². The number of carbonyl (C=O) groups excluding carboxylic acids is 1. The van der Waals surface area contributed by atoms with Gasteiger partial charge in [-0.25, -0.2) is 24.1 Å². The zero-order chi connectivity index (χ0) is 19.7. The van der Waals surface area contributed by atoms with E-state index < -0.39 is 23.8 Å². The van der Waals surface area contributed by atoms with E-state index in [2.05, 4.69) is 31.1 Å². The molecule has 3 aromatic rings. The van der Waals surface area contributed by atoms with Crippen LogP contribution in [0.1, 0.15) is 17.3 Å². The first-order valence-electron chi connectivity index (χ1n) is 7.77. The largest absolute Gasteiger partial charge is 0.366 e. The number of aromatic nitrogens is 2. The van der Waals surface area contributed by atoms with Crippen LogP contribution in [0.25, 0.3) is 11.0 Å². The van der Waals surface area contributed by atoms with Gasteiger partial charge in [-0.2, -0.15) is 0 Å². The third-order valence-corrected chi connectivity index (χ3v) is 4.21. The number of imidazole rings is 1. The SMILES string of the molecule is CC(O)ONC(=O)c1cc2c(ncn2C)c(F)c1Nc1ccc(Br)cc1F. The number of anilines is 2. The molecular weight excluding hydrogens is 426 g/mol. The van der Waals surface area contributed by atoms with Crippen molar-refractivity contribution in [1.82, 2.24) is 15.0 Å². The van der Waals surface area contributed by atoms with Crippen LogP contribution in [0.2, 0.25) is 0 Å². The highest BCUT2D eigenvalue weighted by Gasteiger charge is 2.22. The summed E-state index contributed by atoms with van der Waals surface area (Å²) >= 11 is 3.14. The third-order valence-electron chi connectivity index (χ3n) is 3.72. The minimum absolute atomic E-state index is 0.0190. The lowest BCUT2D eigenvalue weighted by atomic mass is 10.1. The van der Waals surface area contributed by atoms with Crippen molar-refractivity contribution in [2.45, 2.75) is 13.2 Å². The molecule has 2 aromatic carbocycles. The first-order chi connectivity index (χ1) is 12.8. The van der Waals surface area contributed by atoms with Crippen LogP contribution in [0.15, 0.2) is 35.1 Å². The Morgan fingerprint density at radius 2 is 2.11 bits per heavy atom. The van der Waals surface area contributed by atoms with Crippen molar-refractivity contribution in [3.05, 3.63) is 52.3 Å². The van der Waals surface area contributed by atoms with Gasteiger partial charge in [-0.15, -0.1) is 0 Å². The number of rotatable bonds is 5. The predicted octanol–water partition coefficient (Wildman–Crippen LogP) is 3.36. The zero-order valence-electron chi connectivity index (χ0n) is 14.3. The number of carbonyl (C=O) groups is 1. The summed E-state index contributed by atoms with van der Waals surface area (Å²) in [6.45, 7) is 1.29. The summed E-state index contributed by atoms with van der Waals surface area (Å²) in [5, 5.41) is 11.8. The van der Waals surface area contributed by atoms with Gasteiger partial charge in [0, 0.05) is 11.5 Å². The number of hydrogen-bond acceptors (Lipinski definition) is 5. The number of aliphatic hydroxyl groups excluding tert-OH is 1. The molecule has 3 rings (SSSR count). The van der Waals surface area contributed by atoms with Crippen LogP contribution >= 0.6 is 15.9 Å². The Bertz CT molecular complexity index is 1020. The van der Waals surface area contributed by atoms with E-state index in [1.165, 1.54) is 36.0 Å². The molecule has 0 radical (unpaired) electrons. The number of nitrogens with zero attached hydrogens (tertiary/aromatic N) is 2. The number of hydrogen-bond donors (Lipinski definition) is 3. The Hall–Kier alpha value is -2.56. The second-order valence-corrected chi connectivity index (χ2v) is 6.65. The summed E-state index contributed by atoms with van der Waals surface area (Å²) < 4.78 is 31.3. The van der Waals surface area contributed by atoms with Crippen molar-refractivity contribution in [1.29, 1.82) is 0 Å². The van der Waals surface area contributed by atoms with E-state index in [1.54, 1.807) is 13.1 Å². The highest BCUT2D eigenvalue weighted by molar-refractivity contribution is 9.10. The molecule has 0 saturated heterocycles. The summed E-state index contributed by atoms with van der Waals surface area (Å²) in [5.41, 5.74) is 1.96. The first-order valence-corrected chi connectivity index (χ1v) is 8.57. The third kappa shape index (κ3) is 3.92. The molecule has 142 valence electrons. The van der Waals surface area contributed by atoms with Crippen molar-refractivity contribution in [2.24, 2.45) is 7.05 Å². The molecule has 0 aliphatic carbocycles. The summed E-state index contributed by atoms with van der Waals surface area (Å²) in [7, 11) is 1.64. The van der Waals surface area contributed by atoms with E-state index in [0.29, 0.717) is 9.99 Å². The van der Waals surface area contributed by atoms with E-state index in [-0.39, 0.29) is 22.5 Å². The molecule has 1 aromatic heterocycles. The molecule has 0 bridgehead atoms. The van der Waals surface area contributed by atoms with Gasteiger partial charge in [-0.1, -0.05) is 15.9 Å². The van der Waals surface area contributed by atoms with Crippen LogP contribution in [0, 0.1) is 11.6 Å². The fraction of sp³-hybridized carbons (Fsp3) is 0.176. The summed E-state index contributed by atoms with van der Waals surface area (Å²) in [6, 6.07) is 5.56. The molecule has 27 heavy (non-hydrogen) atoms. The summed E-state index contributed by atoms with van der Waals surface area (Å²) in [5.74, 6) is -2.29. The zero-order valence-corrected chi connectivity index (χ0v) is 15.8. The molecule has 0 saturated carbocycles. The number of amides is 1. The van der Waals surface area contributed by atoms with Gasteiger partial charge in [0.05, 0.1) is 28.8 Å². The topological polar surface area (TPSA) is 88.4 Å². The maximum atomic E-state index is 15.1. The standard InChI is InChI=1S/C17H15BrF2N4O3/c1-8(25)27-23-17(26)10-6-13-16(21-7-24(13)2)14(20)15(10)22-12-4-3-9(18)5-11(12)19/h3-8,22,25H,1-2H3,(H,23,26). The minimum atomic E-state index is -1.26. The average Bonchev–Trinajstić information content (AvgIpc) is 2.98. The van der Waals surface area contributed by atoms with Crippen molar-refractivity contribution >= 4 is 44.2 Å². The quantitative estimate of drug-likeness (QED) is 0.418. The van der Waals surface area contributed by atoms with E-state index in [4.69, 9.17) is 5.11 Å². The first kappa shape index (κ1) is 19.2. The Balaban J connectivity index is 2.11. The number of fused-ring (bicyclic) bond motifs is 1. The van der Waals surface area contributed by atoms with Crippen molar-refractivity contribution in [3.63, 3.8) is 0 Å². The van der Waals surface area contributed by atoms with Crippen LogP contribution in [0.4, 0.5) is 20.2 Å². The monoisotopic (exact) mass is 440 g/mol. The molecule has 0 aliphatic heterocycles. The molecule has 1 unspecified atom stereocenters. The molecule has 1 atom stereocenters. The number of benzene rings is 2. The number of hydroxylamine groups is 1. The Kier molecular flexibility index (Phi) is 5.40. The Morgan fingerprint density at radius 1 is 1.37 bits per heavy atom. The van der Waals surface area contributed by atoms with Crippen LogP contribution in [-0.2, 0) is 11.9 Å². The highest BCUT2D eigenvalue weighted by atomic mass is 79.9. The second kappa shape index (κ2) is 7.59. The van der Waals surface area contributed by atoms with Gasteiger partial charge in [-0.05, 0) is 31.2 Å². The maximum absolute atomic E-state index is 15.1. The predicted molar refractivity (Wildman–Crippen MR) is 98.3 cm³/mol. The molecule has 1 amide bonds. The smallest absolute Gasteiger partial charge is 0.277 e. The molecule has 3 N–H and O–H groups in total. The number of nitrogens with one attached hydrogen (secondary N) is 2. The summed E-state index contributed by atoms with van der Waals surface area (Å²) in [4.78, 5) is 21.1. The molecule has 7 nitrogen and oxygen atoms in total. The average molecular weight is 441 g/mol. The maximum Gasteiger partial charge on any atom is 0.277 e. The molecule has 0 fully saturated rings. The lowest BCUT2D eigenvalue weighted by molar-refractivity contribution is -0.121. The van der Waals surface area contributed by atoms with Crippen molar-refractivity contribution in [3.8, 4) is 0 Å². The normalized spacial score (nSPS) is 12.2. The fourth-order valence-electron chi connectivity index (χ4n) is 2.45. The van der Waals surface area contributed by atoms with Gasteiger partial charge in [-0.3, -0.25) is 4.79 Å². The highest BCUT2D eigenvalue weighted by Crippen LogP contribution is 2.32. The van der Waals surface area contributed by atoms with E-state index >= 15 is 4.39 Å². The molecular formula is C17H15BrF2N4O3. The Morgan fingerprint density at radius 3 is 2.78 bits per heavy atom. The lowest BCUT2D eigenvalue weighted by Crippen LogP contribution is -2.28. The van der Waals surface area contributed by atoms with Gasteiger partial charge in [0.25, 0.3) is 5.91 Å². The van der Waals surface area contributed by atoms with Crippen molar-refractivity contribution < 1.29 is 23.5 Å². The second-order valence-electron chi connectivity index (χ2n) is 5.73. The number of aliphatic hydroxyl groups is 1. The molecule has 10 heteroatoms.